The maximum absolute atomic E-state index is 13.4. The number of hydrogen-bond acceptors (Lipinski definition) is 5. The number of carbonyl (C=O) groups excluding carboxylic acids is 2. The van der Waals surface area contributed by atoms with Crippen LogP contribution < -0.4 is 11.1 Å². The number of likely N-dealkylation sites (tertiary alicyclic amines) is 1. The first-order chi connectivity index (χ1) is 14.4. The van der Waals surface area contributed by atoms with Gasteiger partial charge in [-0.25, -0.2) is 4.99 Å². The van der Waals surface area contributed by atoms with Crippen molar-refractivity contribution in [2.45, 2.75) is 50.5 Å². The predicted molar refractivity (Wildman–Crippen MR) is 118 cm³/mol. The first-order valence-corrected chi connectivity index (χ1v) is 11.1. The highest BCUT2D eigenvalue weighted by atomic mass is 16.2. The van der Waals surface area contributed by atoms with Gasteiger partial charge in [0.15, 0.2) is 11.5 Å². The van der Waals surface area contributed by atoms with Gasteiger partial charge in [-0.2, -0.15) is 0 Å². The molecule has 7 nitrogen and oxygen atoms in total. The Kier molecular flexibility index (Phi) is 5.82. The molecule has 4 rings (SSSR count). The maximum Gasteiger partial charge on any atom is 0.261 e. The van der Waals surface area contributed by atoms with Crippen LogP contribution in [0.25, 0.3) is 0 Å². The lowest BCUT2D eigenvalue weighted by atomic mass is 9.71. The minimum absolute atomic E-state index is 0.0325. The molecule has 2 aliphatic heterocycles. The molecule has 1 unspecified atom stereocenters. The third kappa shape index (κ3) is 3.71. The first-order valence-electron chi connectivity index (χ1n) is 11.1. The number of carbonyl (C=O) groups is 2. The molecule has 2 fully saturated rings. The number of nitrogens with zero attached hydrogens (tertiary/aromatic N) is 3. The lowest BCUT2D eigenvalue weighted by Crippen LogP contribution is -2.45. The Hall–Kier alpha value is -2.41. The Morgan fingerprint density at radius 1 is 1.13 bits per heavy atom. The summed E-state index contributed by atoms with van der Waals surface area (Å²) in [4.78, 5) is 34.7. The number of hydrogen-bond donors (Lipinski definition) is 2. The number of amides is 2. The first kappa shape index (κ1) is 20.8. The summed E-state index contributed by atoms with van der Waals surface area (Å²) in [5, 5.41) is 3.09. The van der Waals surface area contributed by atoms with E-state index in [1.165, 1.54) is 11.3 Å². The Morgan fingerprint density at radius 3 is 2.47 bits per heavy atom. The number of likely N-dealkylation sites (N-methyl/N-ethyl adjacent to an activating group) is 1. The number of piperidine rings is 1. The summed E-state index contributed by atoms with van der Waals surface area (Å²) in [6.07, 6.45) is 7.07. The average Bonchev–Trinajstić information content (AvgIpc) is 3.00. The molecule has 162 valence electrons. The second-order valence-corrected chi connectivity index (χ2v) is 9.08. The molecular formula is C23H33N5O2. The number of anilines is 1. The lowest BCUT2D eigenvalue weighted by molar-refractivity contribution is -0.133. The number of aliphatic imine (C=N–C) groups is 1. The van der Waals surface area contributed by atoms with E-state index < -0.39 is 5.54 Å². The minimum atomic E-state index is -0.979. The van der Waals surface area contributed by atoms with Gasteiger partial charge in [0.25, 0.3) is 5.91 Å². The molecule has 2 amide bonds. The molecule has 30 heavy (non-hydrogen) atoms. The van der Waals surface area contributed by atoms with Gasteiger partial charge in [-0.15, -0.1) is 0 Å². The summed E-state index contributed by atoms with van der Waals surface area (Å²) < 4.78 is 0. The minimum Gasteiger partial charge on any atom is -0.369 e. The second kappa shape index (κ2) is 8.38. The van der Waals surface area contributed by atoms with Crippen LogP contribution >= 0.6 is 0 Å². The number of rotatable bonds is 4. The zero-order valence-electron chi connectivity index (χ0n) is 18.1. The summed E-state index contributed by atoms with van der Waals surface area (Å²) in [6.45, 7) is 1.88. The van der Waals surface area contributed by atoms with Gasteiger partial charge >= 0.3 is 0 Å². The van der Waals surface area contributed by atoms with Gasteiger partial charge in [-0.1, -0.05) is 31.4 Å². The number of guanidine groups is 1. The van der Waals surface area contributed by atoms with Crippen molar-refractivity contribution in [2.24, 2.45) is 22.6 Å². The molecule has 3 aliphatic rings. The van der Waals surface area contributed by atoms with E-state index in [-0.39, 0.29) is 29.6 Å². The van der Waals surface area contributed by atoms with Crippen molar-refractivity contribution < 1.29 is 9.59 Å². The van der Waals surface area contributed by atoms with Crippen LogP contribution in [-0.4, -0.2) is 54.8 Å². The van der Waals surface area contributed by atoms with Crippen molar-refractivity contribution in [1.82, 2.24) is 9.80 Å². The summed E-state index contributed by atoms with van der Waals surface area (Å²) >= 11 is 0. The van der Waals surface area contributed by atoms with E-state index in [1.54, 1.807) is 7.05 Å². The Balaban J connectivity index is 1.61. The van der Waals surface area contributed by atoms with Crippen LogP contribution in [-0.2, 0) is 15.1 Å². The molecule has 1 saturated carbocycles. The van der Waals surface area contributed by atoms with Crippen molar-refractivity contribution in [3.8, 4) is 0 Å². The Labute approximate surface area is 178 Å². The molecule has 3 N–H and O–H groups in total. The van der Waals surface area contributed by atoms with Crippen LogP contribution in [0, 0.1) is 11.8 Å². The molecule has 0 aromatic heterocycles. The summed E-state index contributed by atoms with van der Waals surface area (Å²) in [5.74, 6) is 0.425. The van der Waals surface area contributed by atoms with Gasteiger partial charge in [0.2, 0.25) is 5.91 Å². The van der Waals surface area contributed by atoms with Crippen LogP contribution in [0.3, 0.4) is 0 Å². The maximum atomic E-state index is 13.4. The van der Waals surface area contributed by atoms with Crippen LogP contribution in [0.2, 0.25) is 0 Å². The lowest BCUT2D eigenvalue weighted by Gasteiger charge is -2.36. The van der Waals surface area contributed by atoms with E-state index in [0.717, 1.165) is 62.9 Å². The molecule has 1 atom stereocenters. The van der Waals surface area contributed by atoms with Crippen LogP contribution in [0.4, 0.5) is 5.69 Å². The van der Waals surface area contributed by atoms with Gasteiger partial charge in [-0.05, 0) is 69.4 Å². The van der Waals surface area contributed by atoms with Crippen LogP contribution in [0.1, 0.15) is 50.5 Å². The molecule has 1 aromatic rings. The van der Waals surface area contributed by atoms with E-state index in [1.807, 2.05) is 24.3 Å². The van der Waals surface area contributed by atoms with Crippen molar-refractivity contribution in [2.75, 3.05) is 32.5 Å². The summed E-state index contributed by atoms with van der Waals surface area (Å²) in [5.41, 5.74) is 6.67. The van der Waals surface area contributed by atoms with Crippen molar-refractivity contribution >= 4 is 23.5 Å². The molecule has 1 saturated heterocycles. The quantitative estimate of drug-likeness (QED) is 0.797. The molecule has 0 bridgehead atoms. The normalized spacial score (nSPS) is 26.7. The molecule has 1 aromatic carbocycles. The predicted octanol–water partition coefficient (Wildman–Crippen LogP) is 2.53. The third-order valence-corrected chi connectivity index (χ3v) is 7.12. The standard InChI is InChI=1S/C23H33N5O2/c1-27-13-11-16(12-14-27)20(29)25-19-10-6-9-18(15-19)23(17-7-4-3-5-8-17)21(30)28(2)22(24)26-23/h6,9-10,15-17H,3-5,7-8,11-14H2,1-2H3,(H2,24,26)(H,25,29). The molecule has 2 heterocycles. The van der Waals surface area contributed by atoms with Crippen molar-refractivity contribution in [3.05, 3.63) is 29.8 Å². The van der Waals surface area contributed by atoms with E-state index in [2.05, 4.69) is 17.3 Å². The van der Waals surface area contributed by atoms with Gasteiger partial charge in [0.05, 0.1) is 0 Å². The fraction of sp³-hybridized carbons (Fsp3) is 0.609. The highest BCUT2D eigenvalue weighted by Gasteiger charge is 2.53. The fourth-order valence-electron chi connectivity index (χ4n) is 5.22. The van der Waals surface area contributed by atoms with Gasteiger partial charge in [0, 0.05) is 18.7 Å². The average molecular weight is 412 g/mol. The Morgan fingerprint density at radius 2 is 1.83 bits per heavy atom. The molecule has 1 aliphatic carbocycles. The molecule has 0 spiro atoms. The SMILES string of the molecule is CN1CCC(C(=O)Nc2cccc(C3(C4CCCCC4)N=C(N)N(C)C3=O)c2)CC1. The van der Waals surface area contributed by atoms with E-state index in [9.17, 15) is 9.59 Å². The number of nitrogens with one attached hydrogen (secondary N) is 1. The summed E-state index contributed by atoms with van der Waals surface area (Å²) in [7, 11) is 3.78. The highest BCUT2D eigenvalue weighted by Crippen LogP contribution is 2.46. The zero-order chi connectivity index (χ0) is 21.3. The molecule has 7 heteroatoms. The van der Waals surface area contributed by atoms with Gasteiger partial charge in [-0.3, -0.25) is 14.5 Å². The number of nitrogens with two attached hydrogens (primary N) is 1. The van der Waals surface area contributed by atoms with Crippen molar-refractivity contribution in [3.63, 3.8) is 0 Å². The fourth-order valence-corrected chi connectivity index (χ4v) is 5.22. The molecular weight excluding hydrogens is 378 g/mol. The monoisotopic (exact) mass is 411 g/mol. The topological polar surface area (TPSA) is 91.0 Å². The van der Waals surface area contributed by atoms with Crippen LogP contribution in [0.5, 0.6) is 0 Å². The second-order valence-electron chi connectivity index (χ2n) is 9.08. The van der Waals surface area contributed by atoms with E-state index >= 15 is 0 Å². The zero-order valence-corrected chi connectivity index (χ0v) is 18.1. The summed E-state index contributed by atoms with van der Waals surface area (Å²) in [6, 6.07) is 7.67. The highest BCUT2D eigenvalue weighted by molar-refractivity contribution is 6.07. The smallest absolute Gasteiger partial charge is 0.261 e. The van der Waals surface area contributed by atoms with Gasteiger partial charge in [0.1, 0.15) is 0 Å². The number of benzene rings is 1. The van der Waals surface area contributed by atoms with Gasteiger partial charge < -0.3 is 16.0 Å². The van der Waals surface area contributed by atoms with Crippen molar-refractivity contribution in [1.29, 1.82) is 0 Å². The van der Waals surface area contributed by atoms with E-state index in [0.29, 0.717) is 0 Å². The Bertz CT molecular complexity index is 840. The molecule has 0 radical (unpaired) electrons. The largest absolute Gasteiger partial charge is 0.369 e. The van der Waals surface area contributed by atoms with Crippen LogP contribution in [0.15, 0.2) is 29.3 Å². The third-order valence-electron chi connectivity index (χ3n) is 7.12. The van der Waals surface area contributed by atoms with E-state index in [4.69, 9.17) is 10.7 Å².